The molecule has 0 aliphatic heterocycles. The summed E-state index contributed by atoms with van der Waals surface area (Å²) in [6.45, 7) is 6.32. The van der Waals surface area contributed by atoms with E-state index in [-0.39, 0.29) is 6.07 Å². The Bertz CT molecular complexity index is 659. The molecule has 0 amide bonds. The predicted molar refractivity (Wildman–Crippen MR) is 79.4 cm³/mol. The summed E-state index contributed by atoms with van der Waals surface area (Å²) in [5.41, 5.74) is -5.40. The second kappa shape index (κ2) is 6.89. The second-order valence-electron chi connectivity index (χ2n) is 5.59. The van der Waals surface area contributed by atoms with Crippen molar-refractivity contribution >= 4 is 12.2 Å². The number of alkyl halides is 6. The minimum absolute atomic E-state index is 0.0161. The van der Waals surface area contributed by atoms with E-state index in [2.05, 4.69) is 11.6 Å². The van der Waals surface area contributed by atoms with Crippen LogP contribution in [0.2, 0.25) is 0 Å². The quantitative estimate of drug-likeness (QED) is 0.461. The van der Waals surface area contributed by atoms with Gasteiger partial charge >= 0.3 is 18.3 Å². The third-order valence-electron chi connectivity index (χ3n) is 3.57. The van der Waals surface area contributed by atoms with Gasteiger partial charge in [0.25, 0.3) is 0 Å². The van der Waals surface area contributed by atoms with Crippen LogP contribution in [0.25, 0.3) is 0 Å². The predicted octanol–water partition coefficient (Wildman–Crippen LogP) is 4.81. The summed E-state index contributed by atoms with van der Waals surface area (Å²) < 4.78 is 76.9. The van der Waals surface area contributed by atoms with Crippen LogP contribution in [0.3, 0.4) is 0 Å². The van der Waals surface area contributed by atoms with Gasteiger partial charge in [-0.15, -0.1) is 6.58 Å². The SMILES string of the molecule is C=C[C@](N=Cc1cc(C(F)(F)F)cc(C(F)(F)F)c1)(C(=O)O)C(C)C. The lowest BCUT2D eigenvalue weighted by atomic mass is 9.87. The van der Waals surface area contributed by atoms with Crippen LogP contribution in [0.5, 0.6) is 0 Å². The normalized spacial score (nSPS) is 15.4. The fraction of sp³-hybridized carbons (Fsp3) is 0.375. The van der Waals surface area contributed by atoms with E-state index in [0.717, 1.165) is 6.08 Å². The molecule has 0 saturated carbocycles. The molecule has 138 valence electrons. The van der Waals surface area contributed by atoms with Gasteiger partial charge in [0, 0.05) is 6.21 Å². The standard InChI is InChI=1S/C16H15F6NO2/c1-4-14(9(2)3,13(24)25)23-8-10-5-11(15(17,18)19)7-12(6-10)16(20,21)22/h4-9H,1H2,2-3H3,(H,24,25)/t14-/m1/s1. The number of benzene rings is 1. The van der Waals surface area contributed by atoms with Crippen LogP contribution in [0.4, 0.5) is 26.3 Å². The molecule has 1 aromatic carbocycles. The van der Waals surface area contributed by atoms with E-state index < -0.39 is 46.5 Å². The molecule has 0 fully saturated rings. The number of carboxylic acids is 1. The van der Waals surface area contributed by atoms with Crippen LogP contribution in [0.1, 0.15) is 30.5 Å². The van der Waals surface area contributed by atoms with Gasteiger partial charge in [0.1, 0.15) is 0 Å². The topological polar surface area (TPSA) is 49.7 Å². The first-order valence-electron chi connectivity index (χ1n) is 6.95. The molecule has 0 radical (unpaired) electrons. The Balaban J connectivity index is 3.51. The Kier molecular flexibility index (Phi) is 5.71. The fourth-order valence-electron chi connectivity index (χ4n) is 2.06. The highest BCUT2D eigenvalue weighted by Crippen LogP contribution is 2.36. The van der Waals surface area contributed by atoms with Gasteiger partial charge in [-0.05, 0) is 29.7 Å². The van der Waals surface area contributed by atoms with Crippen LogP contribution in [-0.4, -0.2) is 22.8 Å². The van der Waals surface area contributed by atoms with Crippen LogP contribution >= 0.6 is 0 Å². The summed E-state index contributed by atoms with van der Waals surface area (Å²) in [6, 6.07) is 0.918. The van der Waals surface area contributed by atoms with Crippen molar-refractivity contribution in [3.05, 3.63) is 47.5 Å². The number of rotatable bonds is 5. The molecule has 0 spiro atoms. The molecule has 0 bridgehead atoms. The molecule has 1 atom stereocenters. The number of aliphatic carboxylic acids is 1. The largest absolute Gasteiger partial charge is 0.479 e. The highest BCUT2D eigenvalue weighted by atomic mass is 19.4. The lowest BCUT2D eigenvalue weighted by Gasteiger charge is -2.25. The summed E-state index contributed by atoms with van der Waals surface area (Å²) in [7, 11) is 0. The van der Waals surface area contributed by atoms with Gasteiger partial charge in [-0.1, -0.05) is 19.9 Å². The zero-order chi connectivity index (χ0) is 19.6. The second-order valence-corrected chi connectivity index (χ2v) is 5.59. The van der Waals surface area contributed by atoms with Crippen molar-refractivity contribution in [2.24, 2.45) is 10.9 Å². The average Bonchev–Trinajstić information content (AvgIpc) is 2.45. The van der Waals surface area contributed by atoms with Crippen LogP contribution in [0.15, 0.2) is 35.8 Å². The number of hydrogen-bond donors (Lipinski definition) is 1. The monoisotopic (exact) mass is 367 g/mol. The van der Waals surface area contributed by atoms with E-state index in [4.69, 9.17) is 0 Å². The van der Waals surface area contributed by atoms with Crippen molar-refractivity contribution < 1.29 is 36.2 Å². The average molecular weight is 367 g/mol. The highest BCUT2D eigenvalue weighted by Gasteiger charge is 2.39. The molecule has 0 saturated heterocycles. The third-order valence-corrected chi connectivity index (χ3v) is 3.57. The van der Waals surface area contributed by atoms with Gasteiger partial charge in [-0.3, -0.25) is 4.99 Å². The Morgan fingerprint density at radius 2 is 1.52 bits per heavy atom. The molecule has 0 unspecified atom stereocenters. The number of carboxylic acid groups (broad SMARTS) is 1. The molecular weight excluding hydrogens is 352 g/mol. The molecule has 0 heterocycles. The van der Waals surface area contributed by atoms with E-state index in [1.807, 2.05) is 0 Å². The van der Waals surface area contributed by atoms with Gasteiger partial charge in [-0.25, -0.2) is 4.79 Å². The number of halogens is 6. The van der Waals surface area contributed by atoms with Crippen LogP contribution < -0.4 is 0 Å². The summed E-state index contributed by atoms with van der Waals surface area (Å²) in [5.74, 6) is -2.05. The Morgan fingerprint density at radius 3 is 1.80 bits per heavy atom. The maximum Gasteiger partial charge on any atom is 0.416 e. The Hall–Kier alpha value is -2.32. The van der Waals surface area contributed by atoms with Gasteiger partial charge in [0.15, 0.2) is 5.54 Å². The molecule has 1 rings (SSSR count). The summed E-state index contributed by atoms with van der Waals surface area (Å²) in [4.78, 5) is 15.1. The van der Waals surface area contributed by atoms with E-state index in [1.165, 1.54) is 13.8 Å². The summed E-state index contributed by atoms with van der Waals surface area (Å²) in [6.07, 6.45) is -8.33. The van der Waals surface area contributed by atoms with Crippen LogP contribution in [-0.2, 0) is 17.1 Å². The fourth-order valence-corrected chi connectivity index (χ4v) is 2.06. The number of carbonyl (C=O) groups is 1. The molecule has 0 aliphatic carbocycles. The highest BCUT2D eigenvalue weighted by molar-refractivity contribution is 5.88. The van der Waals surface area contributed by atoms with E-state index in [9.17, 15) is 36.2 Å². The first-order valence-corrected chi connectivity index (χ1v) is 6.95. The zero-order valence-electron chi connectivity index (χ0n) is 13.2. The minimum atomic E-state index is -5.00. The molecule has 0 aliphatic rings. The Morgan fingerprint density at radius 1 is 1.08 bits per heavy atom. The number of nitrogens with zero attached hydrogens (tertiary/aromatic N) is 1. The lowest BCUT2D eigenvalue weighted by Crippen LogP contribution is -2.40. The van der Waals surface area contributed by atoms with Gasteiger partial charge in [0.2, 0.25) is 0 Å². The van der Waals surface area contributed by atoms with E-state index in [0.29, 0.717) is 18.3 Å². The van der Waals surface area contributed by atoms with E-state index >= 15 is 0 Å². The smallest absolute Gasteiger partial charge is 0.416 e. The van der Waals surface area contributed by atoms with Crippen molar-refractivity contribution in [1.82, 2.24) is 0 Å². The number of hydrogen-bond acceptors (Lipinski definition) is 2. The van der Waals surface area contributed by atoms with Crippen molar-refractivity contribution in [3.8, 4) is 0 Å². The Labute approximate surface area is 139 Å². The van der Waals surface area contributed by atoms with Gasteiger partial charge in [0.05, 0.1) is 11.1 Å². The van der Waals surface area contributed by atoms with Crippen molar-refractivity contribution in [2.45, 2.75) is 31.7 Å². The summed E-state index contributed by atoms with van der Waals surface area (Å²) in [5, 5.41) is 9.29. The van der Waals surface area contributed by atoms with Crippen LogP contribution in [0, 0.1) is 5.92 Å². The maximum atomic E-state index is 12.8. The molecule has 1 aromatic rings. The zero-order valence-corrected chi connectivity index (χ0v) is 13.2. The molecular formula is C16H15F6NO2. The first kappa shape index (κ1) is 20.7. The number of aliphatic imine (C=N–C) groups is 1. The molecule has 1 N–H and O–H groups in total. The first-order chi connectivity index (χ1) is 11.2. The molecule has 3 nitrogen and oxygen atoms in total. The summed E-state index contributed by atoms with van der Waals surface area (Å²) >= 11 is 0. The van der Waals surface area contributed by atoms with Crippen molar-refractivity contribution in [2.75, 3.05) is 0 Å². The molecule has 25 heavy (non-hydrogen) atoms. The van der Waals surface area contributed by atoms with Gasteiger partial charge in [-0.2, -0.15) is 26.3 Å². The van der Waals surface area contributed by atoms with Gasteiger partial charge < -0.3 is 5.11 Å². The third kappa shape index (κ3) is 4.61. The van der Waals surface area contributed by atoms with Crippen molar-refractivity contribution in [1.29, 1.82) is 0 Å². The lowest BCUT2D eigenvalue weighted by molar-refractivity contribution is -0.144. The van der Waals surface area contributed by atoms with Crippen molar-refractivity contribution in [3.63, 3.8) is 0 Å². The minimum Gasteiger partial charge on any atom is -0.479 e. The molecule has 0 aromatic heterocycles. The van der Waals surface area contributed by atoms with E-state index in [1.54, 1.807) is 0 Å². The molecule has 9 heteroatoms. The maximum absolute atomic E-state index is 12.8.